The molecule has 0 aliphatic carbocycles. The molecular formula is C12H9ClN4O6S. The topological polar surface area (TPSA) is 144 Å². The molecule has 0 spiro atoms. The van der Waals surface area contributed by atoms with Crippen LogP contribution in [-0.2, 0) is 10.0 Å². The van der Waals surface area contributed by atoms with Gasteiger partial charge in [-0.05, 0) is 30.3 Å². The highest BCUT2D eigenvalue weighted by atomic mass is 35.5. The van der Waals surface area contributed by atoms with Crippen LogP contribution >= 0.6 is 11.6 Å². The summed E-state index contributed by atoms with van der Waals surface area (Å²) in [6.45, 7) is 0. The zero-order valence-corrected chi connectivity index (χ0v) is 13.2. The molecule has 2 aromatic rings. The Morgan fingerprint density at radius 2 is 1.58 bits per heavy atom. The van der Waals surface area contributed by atoms with E-state index in [4.69, 9.17) is 11.6 Å². The minimum Gasteiger partial charge on any atom is -0.302 e. The van der Waals surface area contributed by atoms with Crippen LogP contribution < -0.4 is 10.3 Å². The van der Waals surface area contributed by atoms with Crippen LogP contribution in [0.1, 0.15) is 0 Å². The number of hydrogen-bond acceptors (Lipinski definition) is 7. The molecule has 24 heavy (non-hydrogen) atoms. The summed E-state index contributed by atoms with van der Waals surface area (Å²) in [5, 5.41) is 22.0. The van der Waals surface area contributed by atoms with E-state index in [2.05, 4.69) is 5.43 Å². The lowest BCUT2D eigenvalue weighted by Crippen LogP contribution is -2.29. The van der Waals surface area contributed by atoms with Gasteiger partial charge in [0.25, 0.3) is 15.7 Å². The van der Waals surface area contributed by atoms with Gasteiger partial charge in [-0.25, -0.2) is 8.42 Å². The normalized spacial score (nSPS) is 11.0. The summed E-state index contributed by atoms with van der Waals surface area (Å²) < 4.78 is 24.2. The number of benzene rings is 2. The van der Waals surface area contributed by atoms with Gasteiger partial charge in [0.15, 0.2) is 0 Å². The summed E-state index contributed by atoms with van der Waals surface area (Å²) in [5.41, 5.74) is 0.789. The van der Waals surface area contributed by atoms with Gasteiger partial charge in [0, 0.05) is 11.1 Å². The Hall–Kier alpha value is -2.76. The number of rotatable bonds is 6. The van der Waals surface area contributed by atoms with E-state index in [1.807, 2.05) is 4.83 Å². The Bertz CT molecular complexity index is 900. The number of sulfonamides is 1. The number of halogens is 1. The van der Waals surface area contributed by atoms with Crippen molar-refractivity contribution >= 4 is 38.7 Å². The fourth-order valence-electron chi connectivity index (χ4n) is 1.69. The molecule has 0 bridgehead atoms. The lowest BCUT2D eigenvalue weighted by Gasteiger charge is -2.09. The SMILES string of the molecule is O=[N+]([O-])c1ccc(NNS(=O)(=O)c2ccc(Cl)cc2)c([N+](=O)[O-])c1. The first-order valence-electron chi connectivity index (χ1n) is 6.17. The third-order valence-electron chi connectivity index (χ3n) is 2.83. The molecule has 0 saturated heterocycles. The minimum absolute atomic E-state index is 0.121. The summed E-state index contributed by atoms with van der Waals surface area (Å²) in [6.07, 6.45) is 0. The molecule has 10 nitrogen and oxygen atoms in total. The molecule has 12 heteroatoms. The smallest absolute Gasteiger partial charge is 0.300 e. The van der Waals surface area contributed by atoms with Crippen molar-refractivity contribution in [2.75, 3.05) is 5.43 Å². The maximum absolute atomic E-state index is 12.1. The second kappa shape index (κ2) is 6.78. The molecule has 0 aliphatic heterocycles. The molecule has 0 atom stereocenters. The van der Waals surface area contributed by atoms with Crippen molar-refractivity contribution in [3.63, 3.8) is 0 Å². The molecule has 0 radical (unpaired) electrons. The minimum atomic E-state index is -4.02. The third kappa shape index (κ3) is 3.95. The van der Waals surface area contributed by atoms with Gasteiger partial charge in [-0.3, -0.25) is 20.2 Å². The molecule has 0 heterocycles. The van der Waals surface area contributed by atoms with E-state index >= 15 is 0 Å². The van der Waals surface area contributed by atoms with Crippen molar-refractivity contribution in [1.82, 2.24) is 4.83 Å². The Morgan fingerprint density at radius 3 is 2.12 bits per heavy atom. The zero-order valence-electron chi connectivity index (χ0n) is 11.7. The van der Waals surface area contributed by atoms with Crippen molar-refractivity contribution in [3.05, 3.63) is 67.7 Å². The Labute approximate surface area is 140 Å². The van der Waals surface area contributed by atoms with Crippen LogP contribution in [0.15, 0.2) is 47.4 Å². The number of non-ortho nitro benzene ring substituents is 1. The van der Waals surface area contributed by atoms with Crippen LogP contribution in [0.5, 0.6) is 0 Å². The van der Waals surface area contributed by atoms with Gasteiger partial charge in [-0.1, -0.05) is 11.6 Å². The summed E-state index contributed by atoms with van der Waals surface area (Å²) in [6, 6.07) is 7.98. The predicted octanol–water partition coefficient (Wildman–Crippen LogP) is 2.46. The van der Waals surface area contributed by atoms with Gasteiger partial charge in [0.1, 0.15) is 5.69 Å². The van der Waals surface area contributed by atoms with E-state index in [9.17, 15) is 28.6 Å². The standard InChI is InChI=1S/C12H9ClN4O6S/c13-8-1-4-10(5-2-8)24(22,23)15-14-11-6-3-9(16(18)19)7-12(11)17(20)21/h1-7,14-15H. The second-order valence-corrected chi connectivity index (χ2v) is 6.52. The van der Waals surface area contributed by atoms with Crippen LogP contribution in [0.3, 0.4) is 0 Å². The van der Waals surface area contributed by atoms with E-state index in [1.54, 1.807) is 0 Å². The number of hydrazine groups is 1. The lowest BCUT2D eigenvalue weighted by atomic mass is 10.2. The summed E-state index contributed by atoms with van der Waals surface area (Å²) in [5.74, 6) is 0. The van der Waals surface area contributed by atoms with Crippen LogP contribution in [0.25, 0.3) is 0 Å². The molecule has 0 aromatic heterocycles. The molecule has 2 aromatic carbocycles. The van der Waals surface area contributed by atoms with Gasteiger partial charge in [-0.15, -0.1) is 4.83 Å². The molecule has 0 amide bonds. The number of nitro benzene ring substituents is 2. The number of nitrogens with zero attached hydrogens (tertiary/aromatic N) is 2. The second-order valence-electron chi connectivity index (χ2n) is 4.40. The highest BCUT2D eigenvalue weighted by Gasteiger charge is 2.21. The maximum Gasteiger partial charge on any atom is 0.300 e. The van der Waals surface area contributed by atoms with Crippen molar-refractivity contribution in [3.8, 4) is 0 Å². The molecule has 0 saturated carbocycles. The first-order chi connectivity index (χ1) is 11.2. The zero-order chi connectivity index (χ0) is 17.9. The molecular weight excluding hydrogens is 364 g/mol. The van der Waals surface area contributed by atoms with E-state index in [1.165, 1.54) is 24.3 Å². The number of hydrogen-bond donors (Lipinski definition) is 2. The van der Waals surface area contributed by atoms with E-state index < -0.39 is 31.2 Å². The largest absolute Gasteiger partial charge is 0.302 e. The van der Waals surface area contributed by atoms with Gasteiger partial charge >= 0.3 is 5.69 Å². The molecule has 2 rings (SSSR count). The Morgan fingerprint density at radius 1 is 0.958 bits per heavy atom. The maximum atomic E-state index is 12.1. The average Bonchev–Trinajstić information content (AvgIpc) is 2.53. The predicted molar refractivity (Wildman–Crippen MR) is 85.1 cm³/mol. The van der Waals surface area contributed by atoms with E-state index in [0.29, 0.717) is 5.02 Å². The number of nitro groups is 2. The van der Waals surface area contributed by atoms with Crippen LogP contribution in [0.2, 0.25) is 5.02 Å². The van der Waals surface area contributed by atoms with Crippen molar-refractivity contribution in [2.24, 2.45) is 0 Å². The lowest BCUT2D eigenvalue weighted by molar-refractivity contribution is -0.393. The fraction of sp³-hybridized carbons (Fsp3) is 0. The van der Waals surface area contributed by atoms with Gasteiger partial charge in [-0.2, -0.15) is 0 Å². The van der Waals surface area contributed by atoms with Crippen molar-refractivity contribution in [2.45, 2.75) is 4.90 Å². The van der Waals surface area contributed by atoms with Gasteiger partial charge in [0.05, 0.1) is 20.8 Å². The quantitative estimate of drug-likeness (QED) is 0.585. The molecule has 126 valence electrons. The van der Waals surface area contributed by atoms with E-state index in [0.717, 1.165) is 18.2 Å². The fourth-order valence-corrected chi connectivity index (χ4v) is 2.67. The molecule has 2 N–H and O–H groups in total. The monoisotopic (exact) mass is 372 g/mol. The first kappa shape index (κ1) is 17.6. The number of nitrogens with one attached hydrogen (secondary N) is 2. The van der Waals surface area contributed by atoms with Crippen LogP contribution in [0, 0.1) is 20.2 Å². The molecule has 0 aliphatic rings. The first-order valence-corrected chi connectivity index (χ1v) is 8.03. The van der Waals surface area contributed by atoms with Crippen LogP contribution in [0.4, 0.5) is 17.1 Å². The highest BCUT2D eigenvalue weighted by Crippen LogP contribution is 2.28. The van der Waals surface area contributed by atoms with E-state index in [-0.39, 0.29) is 10.6 Å². The molecule has 0 unspecified atom stereocenters. The summed E-state index contributed by atoms with van der Waals surface area (Å²) >= 11 is 5.67. The van der Waals surface area contributed by atoms with Crippen molar-refractivity contribution in [1.29, 1.82) is 0 Å². The van der Waals surface area contributed by atoms with Gasteiger partial charge < -0.3 is 5.43 Å². The van der Waals surface area contributed by atoms with Gasteiger partial charge in [0.2, 0.25) is 0 Å². The Balaban J connectivity index is 2.26. The highest BCUT2D eigenvalue weighted by molar-refractivity contribution is 7.89. The van der Waals surface area contributed by atoms with Crippen LogP contribution in [-0.4, -0.2) is 18.3 Å². The Kier molecular flexibility index (Phi) is 4.97. The molecule has 0 fully saturated rings. The van der Waals surface area contributed by atoms with Crippen molar-refractivity contribution < 1.29 is 18.3 Å². The summed E-state index contributed by atoms with van der Waals surface area (Å²) in [7, 11) is -4.02. The summed E-state index contributed by atoms with van der Waals surface area (Å²) in [4.78, 5) is 21.8. The third-order valence-corrected chi connectivity index (χ3v) is 4.35. The average molecular weight is 373 g/mol. The number of anilines is 1.